The summed E-state index contributed by atoms with van der Waals surface area (Å²) >= 11 is 0. The minimum atomic E-state index is -0.322. The SMILES string of the molecule is CCCc1ccc(CC(=O)NNC(=O)c2ccc(C(C)(C)C)cc2)cc1. The number of hydrogen-bond acceptors (Lipinski definition) is 2. The van der Waals surface area contributed by atoms with E-state index < -0.39 is 0 Å². The van der Waals surface area contributed by atoms with E-state index in [9.17, 15) is 9.59 Å². The van der Waals surface area contributed by atoms with Crippen molar-refractivity contribution in [2.75, 3.05) is 0 Å². The molecule has 0 aliphatic heterocycles. The second kappa shape index (κ2) is 8.65. The van der Waals surface area contributed by atoms with E-state index in [1.165, 1.54) is 5.56 Å². The first-order chi connectivity index (χ1) is 12.3. The highest BCUT2D eigenvalue weighted by atomic mass is 16.2. The molecular formula is C22H28N2O2. The topological polar surface area (TPSA) is 58.2 Å². The van der Waals surface area contributed by atoms with Crippen LogP contribution in [0.5, 0.6) is 0 Å². The molecule has 0 spiro atoms. The number of rotatable bonds is 5. The Morgan fingerprint density at radius 1 is 0.846 bits per heavy atom. The Morgan fingerprint density at radius 2 is 1.42 bits per heavy atom. The van der Waals surface area contributed by atoms with Crippen LogP contribution in [0.25, 0.3) is 0 Å². The van der Waals surface area contributed by atoms with Crippen LogP contribution < -0.4 is 10.9 Å². The summed E-state index contributed by atoms with van der Waals surface area (Å²) in [5, 5.41) is 0. The van der Waals surface area contributed by atoms with Gasteiger partial charge in [0, 0.05) is 5.56 Å². The second-order valence-electron chi connectivity index (χ2n) is 7.57. The normalized spacial score (nSPS) is 11.1. The van der Waals surface area contributed by atoms with Gasteiger partial charge in [-0.25, -0.2) is 0 Å². The lowest BCUT2D eigenvalue weighted by Crippen LogP contribution is -2.42. The van der Waals surface area contributed by atoms with Crippen LogP contribution in [0.2, 0.25) is 0 Å². The molecule has 2 N–H and O–H groups in total. The van der Waals surface area contributed by atoms with Gasteiger partial charge in [0.15, 0.2) is 0 Å². The highest BCUT2D eigenvalue weighted by Gasteiger charge is 2.14. The van der Waals surface area contributed by atoms with Crippen LogP contribution in [0.15, 0.2) is 48.5 Å². The van der Waals surface area contributed by atoms with E-state index in [4.69, 9.17) is 0 Å². The van der Waals surface area contributed by atoms with E-state index in [0.717, 1.165) is 24.0 Å². The molecule has 4 heteroatoms. The smallest absolute Gasteiger partial charge is 0.269 e. The van der Waals surface area contributed by atoms with Crippen molar-refractivity contribution < 1.29 is 9.59 Å². The Balaban J connectivity index is 1.85. The lowest BCUT2D eigenvalue weighted by Gasteiger charge is -2.19. The molecule has 0 aliphatic rings. The summed E-state index contributed by atoms with van der Waals surface area (Å²) in [4.78, 5) is 24.2. The van der Waals surface area contributed by atoms with Gasteiger partial charge in [-0.3, -0.25) is 20.4 Å². The zero-order valence-corrected chi connectivity index (χ0v) is 16.1. The molecular weight excluding hydrogens is 324 g/mol. The third-order valence-corrected chi connectivity index (χ3v) is 4.25. The summed E-state index contributed by atoms with van der Waals surface area (Å²) in [6, 6.07) is 15.4. The van der Waals surface area contributed by atoms with Gasteiger partial charge < -0.3 is 0 Å². The minimum Gasteiger partial charge on any atom is -0.273 e. The van der Waals surface area contributed by atoms with E-state index in [-0.39, 0.29) is 23.7 Å². The average molecular weight is 352 g/mol. The zero-order valence-electron chi connectivity index (χ0n) is 16.1. The molecule has 0 atom stereocenters. The first-order valence-corrected chi connectivity index (χ1v) is 9.07. The summed E-state index contributed by atoms with van der Waals surface area (Å²) in [5.74, 6) is -0.565. The number of carbonyl (C=O) groups excluding carboxylic acids is 2. The molecule has 26 heavy (non-hydrogen) atoms. The molecule has 0 heterocycles. The van der Waals surface area contributed by atoms with E-state index in [2.05, 4.69) is 38.5 Å². The van der Waals surface area contributed by atoms with Gasteiger partial charge in [0.25, 0.3) is 5.91 Å². The zero-order chi connectivity index (χ0) is 19.2. The first-order valence-electron chi connectivity index (χ1n) is 9.07. The molecule has 0 aliphatic carbocycles. The molecule has 0 bridgehead atoms. The van der Waals surface area contributed by atoms with Crippen molar-refractivity contribution in [3.63, 3.8) is 0 Å². The number of benzene rings is 2. The van der Waals surface area contributed by atoms with Gasteiger partial charge >= 0.3 is 0 Å². The van der Waals surface area contributed by atoms with Crippen molar-refractivity contribution in [3.05, 3.63) is 70.8 Å². The van der Waals surface area contributed by atoms with Crippen molar-refractivity contribution in [1.29, 1.82) is 0 Å². The molecule has 138 valence electrons. The number of aryl methyl sites for hydroxylation is 1. The van der Waals surface area contributed by atoms with Crippen LogP contribution in [-0.2, 0) is 23.1 Å². The van der Waals surface area contributed by atoms with Crippen LogP contribution in [0.4, 0.5) is 0 Å². The predicted molar refractivity (Wildman–Crippen MR) is 105 cm³/mol. The lowest BCUT2D eigenvalue weighted by molar-refractivity contribution is -0.121. The summed E-state index contributed by atoms with van der Waals surface area (Å²) in [6.45, 7) is 8.51. The van der Waals surface area contributed by atoms with E-state index in [1.54, 1.807) is 12.1 Å². The number of carbonyl (C=O) groups is 2. The van der Waals surface area contributed by atoms with Crippen molar-refractivity contribution in [2.24, 2.45) is 0 Å². The molecule has 4 nitrogen and oxygen atoms in total. The van der Waals surface area contributed by atoms with Gasteiger partial charge in [0.2, 0.25) is 5.91 Å². The Bertz CT molecular complexity index is 741. The molecule has 0 saturated heterocycles. The van der Waals surface area contributed by atoms with Gasteiger partial charge in [0.05, 0.1) is 6.42 Å². The lowest BCUT2D eigenvalue weighted by atomic mass is 9.87. The van der Waals surface area contributed by atoms with Gasteiger partial charge in [0.1, 0.15) is 0 Å². The predicted octanol–water partition coefficient (Wildman–Crippen LogP) is 3.94. The summed E-state index contributed by atoms with van der Waals surface area (Å²) in [5.41, 5.74) is 8.85. The molecule has 0 saturated carbocycles. The van der Waals surface area contributed by atoms with E-state index >= 15 is 0 Å². The fourth-order valence-corrected chi connectivity index (χ4v) is 2.66. The maximum absolute atomic E-state index is 12.2. The van der Waals surface area contributed by atoms with E-state index in [1.807, 2.05) is 36.4 Å². The van der Waals surface area contributed by atoms with Crippen LogP contribution in [-0.4, -0.2) is 11.8 Å². The number of amides is 2. The van der Waals surface area contributed by atoms with Crippen LogP contribution in [0.1, 0.15) is 61.2 Å². The van der Waals surface area contributed by atoms with Crippen LogP contribution >= 0.6 is 0 Å². The largest absolute Gasteiger partial charge is 0.273 e. The number of nitrogens with one attached hydrogen (secondary N) is 2. The van der Waals surface area contributed by atoms with Gasteiger partial charge in [-0.2, -0.15) is 0 Å². The van der Waals surface area contributed by atoms with Crippen LogP contribution in [0, 0.1) is 0 Å². The van der Waals surface area contributed by atoms with Crippen molar-refractivity contribution in [2.45, 2.75) is 52.4 Å². The fraction of sp³-hybridized carbons (Fsp3) is 0.364. The summed E-state index contributed by atoms with van der Waals surface area (Å²) in [6.07, 6.45) is 2.37. The Kier molecular flexibility index (Phi) is 6.56. The third kappa shape index (κ3) is 5.73. The summed E-state index contributed by atoms with van der Waals surface area (Å²) in [7, 11) is 0. The highest BCUT2D eigenvalue weighted by Crippen LogP contribution is 2.22. The standard InChI is InChI=1S/C22H28N2O2/c1-5-6-16-7-9-17(10-8-16)15-20(25)23-24-21(26)18-11-13-19(14-12-18)22(2,3)4/h7-14H,5-6,15H2,1-4H3,(H,23,25)(H,24,26). The minimum absolute atomic E-state index is 0.0376. The highest BCUT2D eigenvalue weighted by molar-refractivity contribution is 5.95. The van der Waals surface area contributed by atoms with Crippen LogP contribution in [0.3, 0.4) is 0 Å². The average Bonchev–Trinajstić information content (AvgIpc) is 2.61. The maximum Gasteiger partial charge on any atom is 0.269 e. The van der Waals surface area contributed by atoms with Gasteiger partial charge in [-0.05, 0) is 40.7 Å². The molecule has 2 aromatic carbocycles. The molecule has 0 fully saturated rings. The van der Waals surface area contributed by atoms with E-state index in [0.29, 0.717) is 5.56 Å². The Labute approximate surface area is 156 Å². The van der Waals surface area contributed by atoms with Crippen molar-refractivity contribution in [1.82, 2.24) is 10.9 Å². The Morgan fingerprint density at radius 3 is 1.96 bits per heavy atom. The number of hydrogen-bond donors (Lipinski definition) is 2. The molecule has 2 aromatic rings. The van der Waals surface area contributed by atoms with Crippen molar-refractivity contribution >= 4 is 11.8 Å². The molecule has 0 radical (unpaired) electrons. The number of hydrazine groups is 1. The first kappa shape index (κ1) is 19.7. The van der Waals surface area contributed by atoms with Gasteiger partial charge in [-0.15, -0.1) is 0 Å². The van der Waals surface area contributed by atoms with Crippen molar-refractivity contribution in [3.8, 4) is 0 Å². The maximum atomic E-state index is 12.2. The molecule has 0 aromatic heterocycles. The molecule has 2 amide bonds. The fourth-order valence-electron chi connectivity index (χ4n) is 2.66. The van der Waals surface area contributed by atoms with Gasteiger partial charge in [-0.1, -0.05) is 70.5 Å². The molecule has 0 unspecified atom stereocenters. The second-order valence-corrected chi connectivity index (χ2v) is 7.57. The third-order valence-electron chi connectivity index (χ3n) is 4.25. The Hall–Kier alpha value is -2.62. The quantitative estimate of drug-likeness (QED) is 0.801. The summed E-state index contributed by atoms with van der Waals surface area (Å²) < 4.78 is 0. The molecule has 2 rings (SSSR count). The monoisotopic (exact) mass is 352 g/mol.